The van der Waals surface area contributed by atoms with E-state index in [0.717, 1.165) is 12.8 Å². The predicted molar refractivity (Wildman–Crippen MR) is 124 cm³/mol. The number of carbonyl (C=O) groups excluding carboxylic acids is 2. The molecule has 0 aromatic heterocycles. The van der Waals surface area contributed by atoms with Gasteiger partial charge in [-0.2, -0.15) is 0 Å². The van der Waals surface area contributed by atoms with Crippen molar-refractivity contribution in [1.29, 1.82) is 0 Å². The van der Waals surface area contributed by atoms with Crippen LogP contribution >= 0.6 is 11.6 Å². The van der Waals surface area contributed by atoms with E-state index in [1.165, 1.54) is 18.1 Å². The van der Waals surface area contributed by atoms with Crippen LogP contribution in [0.4, 0.5) is 0 Å². The Morgan fingerprint density at radius 1 is 1.22 bits per heavy atom. The molecule has 2 aromatic carbocycles. The van der Waals surface area contributed by atoms with E-state index < -0.39 is 17.7 Å². The molecule has 7 heteroatoms. The SMILES string of the molecule is C=CCOc1cccc(C2/C(=C(\O)c3cc(OC)ccc3Cl)C(=O)C(=O)N2CCCC)c1. The maximum Gasteiger partial charge on any atom is 0.295 e. The van der Waals surface area contributed by atoms with Crippen molar-refractivity contribution in [2.75, 3.05) is 20.3 Å². The molecule has 1 atom stereocenters. The van der Waals surface area contributed by atoms with Crippen molar-refractivity contribution in [3.63, 3.8) is 0 Å². The predicted octanol–water partition coefficient (Wildman–Crippen LogP) is 5.14. The molecule has 6 nitrogen and oxygen atoms in total. The van der Waals surface area contributed by atoms with Gasteiger partial charge in [0.05, 0.1) is 23.7 Å². The number of aliphatic hydroxyl groups excluding tert-OH is 1. The Morgan fingerprint density at radius 3 is 2.69 bits per heavy atom. The van der Waals surface area contributed by atoms with Crippen LogP contribution in [0.3, 0.4) is 0 Å². The van der Waals surface area contributed by atoms with Crippen LogP contribution < -0.4 is 9.47 Å². The Bertz CT molecular complexity index is 1060. The third-order valence-electron chi connectivity index (χ3n) is 5.26. The van der Waals surface area contributed by atoms with Gasteiger partial charge in [-0.05, 0) is 42.3 Å². The van der Waals surface area contributed by atoms with Crippen LogP contribution in [0.2, 0.25) is 5.02 Å². The number of halogens is 1. The summed E-state index contributed by atoms with van der Waals surface area (Å²) in [5.74, 6) is -0.703. The van der Waals surface area contributed by atoms with Crippen LogP contribution in [-0.4, -0.2) is 42.0 Å². The summed E-state index contributed by atoms with van der Waals surface area (Å²) in [6, 6.07) is 11.1. The topological polar surface area (TPSA) is 76.1 Å². The summed E-state index contributed by atoms with van der Waals surface area (Å²) in [6.45, 7) is 6.35. The number of methoxy groups -OCH3 is 1. The molecule has 1 heterocycles. The number of carbonyl (C=O) groups is 2. The van der Waals surface area contributed by atoms with Crippen molar-refractivity contribution >= 4 is 29.1 Å². The van der Waals surface area contributed by atoms with Gasteiger partial charge in [-0.25, -0.2) is 0 Å². The van der Waals surface area contributed by atoms with Crippen molar-refractivity contribution in [2.24, 2.45) is 0 Å². The fourth-order valence-corrected chi connectivity index (χ4v) is 3.88. The fourth-order valence-electron chi connectivity index (χ4n) is 3.67. The molecule has 2 aromatic rings. The summed E-state index contributed by atoms with van der Waals surface area (Å²) in [4.78, 5) is 27.5. The average molecular weight is 456 g/mol. The minimum atomic E-state index is -0.768. The van der Waals surface area contributed by atoms with E-state index in [0.29, 0.717) is 30.2 Å². The normalized spacial score (nSPS) is 17.5. The third kappa shape index (κ3) is 4.65. The molecule has 1 saturated heterocycles. The zero-order valence-corrected chi connectivity index (χ0v) is 18.9. The zero-order chi connectivity index (χ0) is 23.3. The van der Waals surface area contributed by atoms with Gasteiger partial charge in [0.1, 0.15) is 23.9 Å². The number of amides is 1. The Hall–Kier alpha value is -3.25. The first-order chi connectivity index (χ1) is 15.4. The highest BCUT2D eigenvalue weighted by Crippen LogP contribution is 2.41. The minimum absolute atomic E-state index is 0.0119. The summed E-state index contributed by atoms with van der Waals surface area (Å²) in [5.41, 5.74) is 0.869. The number of ether oxygens (including phenoxy) is 2. The monoisotopic (exact) mass is 455 g/mol. The lowest BCUT2D eigenvalue weighted by Gasteiger charge is -2.25. The van der Waals surface area contributed by atoms with E-state index in [1.54, 1.807) is 42.5 Å². The molecule has 168 valence electrons. The minimum Gasteiger partial charge on any atom is -0.507 e. The average Bonchev–Trinajstić information content (AvgIpc) is 3.06. The van der Waals surface area contributed by atoms with E-state index in [-0.39, 0.29) is 21.9 Å². The second-order valence-electron chi connectivity index (χ2n) is 7.36. The van der Waals surface area contributed by atoms with E-state index in [2.05, 4.69) is 6.58 Å². The summed E-state index contributed by atoms with van der Waals surface area (Å²) < 4.78 is 10.9. The number of benzene rings is 2. The maximum atomic E-state index is 13.1. The molecule has 0 aliphatic carbocycles. The lowest BCUT2D eigenvalue weighted by Crippen LogP contribution is -2.30. The van der Waals surface area contributed by atoms with Crippen LogP contribution in [0.1, 0.15) is 36.9 Å². The second kappa shape index (κ2) is 10.4. The van der Waals surface area contributed by atoms with Gasteiger partial charge in [-0.1, -0.05) is 49.7 Å². The molecule has 0 bridgehead atoms. The van der Waals surface area contributed by atoms with Crippen molar-refractivity contribution in [1.82, 2.24) is 4.90 Å². The summed E-state index contributed by atoms with van der Waals surface area (Å²) in [7, 11) is 1.49. The molecular weight excluding hydrogens is 430 g/mol. The number of ketones is 1. The number of Topliss-reactive ketones (excluding diaryl/α,β-unsaturated/α-hetero) is 1. The van der Waals surface area contributed by atoms with Gasteiger partial charge in [-0.3, -0.25) is 9.59 Å². The molecule has 0 saturated carbocycles. The van der Waals surface area contributed by atoms with Crippen LogP contribution in [-0.2, 0) is 9.59 Å². The molecule has 1 fully saturated rings. The Balaban J connectivity index is 2.18. The Morgan fingerprint density at radius 2 is 2.00 bits per heavy atom. The second-order valence-corrected chi connectivity index (χ2v) is 7.77. The molecule has 32 heavy (non-hydrogen) atoms. The quantitative estimate of drug-likeness (QED) is 0.245. The van der Waals surface area contributed by atoms with Crippen LogP contribution in [0.15, 0.2) is 60.7 Å². The first-order valence-electron chi connectivity index (χ1n) is 10.4. The van der Waals surface area contributed by atoms with Crippen molar-refractivity contribution in [3.8, 4) is 11.5 Å². The highest BCUT2D eigenvalue weighted by Gasteiger charge is 2.46. The Labute approximate surface area is 192 Å². The number of likely N-dealkylation sites (tertiary alicyclic amines) is 1. The van der Waals surface area contributed by atoms with Gasteiger partial charge < -0.3 is 19.5 Å². The number of unbranched alkanes of at least 4 members (excludes halogenated alkanes) is 1. The molecule has 1 aliphatic heterocycles. The van der Waals surface area contributed by atoms with Crippen LogP contribution in [0.5, 0.6) is 11.5 Å². The molecule has 0 radical (unpaired) electrons. The third-order valence-corrected chi connectivity index (χ3v) is 5.59. The van der Waals surface area contributed by atoms with Gasteiger partial charge in [0.15, 0.2) is 0 Å². The van der Waals surface area contributed by atoms with E-state index in [1.807, 2.05) is 6.92 Å². The molecule has 0 spiro atoms. The maximum absolute atomic E-state index is 13.1. The number of hydrogen-bond donors (Lipinski definition) is 1. The highest BCUT2D eigenvalue weighted by molar-refractivity contribution is 6.47. The Kier molecular flexibility index (Phi) is 7.59. The largest absolute Gasteiger partial charge is 0.507 e. The molecule has 3 rings (SSSR count). The van der Waals surface area contributed by atoms with Crippen LogP contribution in [0.25, 0.3) is 5.76 Å². The summed E-state index contributed by atoms with van der Waals surface area (Å²) >= 11 is 6.32. The molecule has 1 aliphatic rings. The number of nitrogens with zero attached hydrogens (tertiary/aromatic N) is 1. The number of aliphatic hydroxyl groups is 1. The lowest BCUT2D eigenvalue weighted by atomic mass is 9.95. The summed E-state index contributed by atoms with van der Waals surface area (Å²) in [6.07, 6.45) is 3.20. The molecule has 1 N–H and O–H groups in total. The lowest BCUT2D eigenvalue weighted by molar-refractivity contribution is -0.139. The molecule has 1 amide bonds. The van der Waals surface area contributed by atoms with Gasteiger partial charge in [0, 0.05) is 12.1 Å². The van der Waals surface area contributed by atoms with Crippen molar-refractivity contribution in [2.45, 2.75) is 25.8 Å². The molecule has 1 unspecified atom stereocenters. The smallest absolute Gasteiger partial charge is 0.295 e. The van der Waals surface area contributed by atoms with E-state index in [4.69, 9.17) is 21.1 Å². The van der Waals surface area contributed by atoms with Crippen molar-refractivity contribution in [3.05, 3.63) is 76.8 Å². The first kappa shape index (κ1) is 23.4. The molecular formula is C25H26ClNO5. The van der Waals surface area contributed by atoms with Gasteiger partial charge in [0.25, 0.3) is 11.7 Å². The highest BCUT2D eigenvalue weighted by atomic mass is 35.5. The standard InChI is InChI=1S/C25H26ClNO5/c1-4-6-12-27-22(16-8-7-9-18(14-16)32-13-5-2)21(24(29)25(27)30)23(28)19-15-17(31-3)10-11-20(19)26/h5,7-11,14-15,22,28H,2,4,6,12-13H2,1,3H3/b23-21+. The fraction of sp³-hybridized carbons (Fsp3) is 0.280. The number of rotatable bonds is 9. The summed E-state index contributed by atoms with van der Waals surface area (Å²) in [5, 5.41) is 11.4. The van der Waals surface area contributed by atoms with Crippen LogP contribution in [0, 0.1) is 0 Å². The zero-order valence-electron chi connectivity index (χ0n) is 18.1. The van der Waals surface area contributed by atoms with Gasteiger partial charge >= 0.3 is 0 Å². The number of hydrogen-bond acceptors (Lipinski definition) is 5. The van der Waals surface area contributed by atoms with Gasteiger partial charge in [0.2, 0.25) is 0 Å². The first-order valence-corrected chi connectivity index (χ1v) is 10.8. The van der Waals surface area contributed by atoms with E-state index >= 15 is 0 Å². The van der Waals surface area contributed by atoms with Crippen molar-refractivity contribution < 1.29 is 24.2 Å². The van der Waals surface area contributed by atoms with E-state index in [9.17, 15) is 14.7 Å². The van der Waals surface area contributed by atoms with Gasteiger partial charge in [-0.15, -0.1) is 0 Å².